The van der Waals surface area contributed by atoms with Gasteiger partial charge in [-0.3, -0.25) is 14.4 Å². The lowest BCUT2D eigenvalue weighted by atomic mass is 10.1. The lowest BCUT2D eigenvalue weighted by Crippen LogP contribution is -2.49. The van der Waals surface area contributed by atoms with Gasteiger partial charge in [-0.25, -0.2) is 0 Å². The normalized spacial score (nSPS) is 18.9. The quantitative estimate of drug-likeness (QED) is 0.374. The Hall–Kier alpha value is -1.66. The first kappa shape index (κ1) is 22.6. The van der Waals surface area contributed by atoms with Crippen molar-refractivity contribution in [1.82, 2.24) is 34.7 Å². The number of likely N-dealkylation sites (N-methyl/N-ethyl adjacent to an activating group) is 1. The van der Waals surface area contributed by atoms with E-state index in [4.69, 9.17) is 4.74 Å². The minimum atomic E-state index is 0. The third kappa shape index (κ3) is 5.45. The van der Waals surface area contributed by atoms with Gasteiger partial charge in [0, 0.05) is 57.8 Å². The highest BCUT2D eigenvalue weighted by Gasteiger charge is 2.26. The molecule has 0 bridgehead atoms. The number of aromatic nitrogens is 4. The SMILES string of the molecule is CN=C(NCC(c1cnn(C)c1)N(C)C)N1CCOC(c2cnn(C)c2)C1.I. The molecular formula is C18H31IN8O. The van der Waals surface area contributed by atoms with Crippen LogP contribution in [0.2, 0.25) is 0 Å². The molecule has 3 rings (SSSR count). The molecule has 28 heavy (non-hydrogen) atoms. The molecule has 9 nitrogen and oxygen atoms in total. The van der Waals surface area contributed by atoms with Crippen molar-refractivity contribution in [3.63, 3.8) is 0 Å². The molecule has 1 N–H and O–H groups in total. The van der Waals surface area contributed by atoms with Crippen molar-refractivity contribution in [2.75, 3.05) is 47.4 Å². The summed E-state index contributed by atoms with van der Waals surface area (Å²) in [5.74, 6) is 0.892. The summed E-state index contributed by atoms with van der Waals surface area (Å²) < 4.78 is 9.58. The average molecular weight is 502 g/mol. The van der Waals surface area contributed by atoms with Gasteiger partial charge in [0.05, 0.1) is 31.6 Å². The highest BCUT2D eigenvalue weighted by molar-refractivity contribution is 14.0. The summed E-state index contributed by atoms with van der Waals surface area (Å²) in [4.78, 5) is 8.93. The fourth-order valence-corrected chi connectivity index (χ4v) is 3.38. The Morgan fingerprint density at radius 3 is 2.57 bits per heavy atom. The summed E-state index contributed by atoms with van der Waals surface area (Å²) in [6.07, 6.45) is 7.86. The largest absolute Gasteiger partial charge is 0.370 e. The molecule has 0 radical (unpaired) electrons. The Kier molecular flexibility index (Phi) is 8.25. The Labute approximate surface area is 183 Å². The van der Waals surface area contributed by atoms with E-state index >= 15 is 0 Å². The molecule has 1 fully saturated rings. The molecule has 1 aliphatic heterocycles. The maximum absolute atomic E-state index is 5.94. The van der Waals surface area contributed by atoms with Crippen molar-refractivity contribution in [1.29, 1.82) is 0 Å². The second kappa shape index (κ2) is 10.2. The molecule has 0 saturated carbocycles. The highest BCUT2D eigenvalue weighted by atomic mass is 127. The fraction of sp³-hybridized carbons (Fsp3) is 0.611. The van der Waals surface area contributed by atoms with Gasteiger partial charge in [0.25, 0.3) is 0 Å². The van der Waals surface area contributed by atoms with Gasteiger partial charge in [0.1, 0.15) is 6.10 Å². The highest BCUT2D eigenvalue weighted by Crippen LogP contribution is 2.22. The Morgan fingerprint density at radius 2 is 2.00 bits per heavy atom. The second-order valence-electron chi connectivity index (χ2n) is 7.11. The van der Waals surface area contributed by atoms with E-state index in [2.05, 4.69) is 50.6 Å². The molecule has 2 unspecified atom stereocenters. The van der Waals surface area contributed by atoms with E-state index in [-0.39, 0.29) is 36.1 Å². The van der Waals surface area contributed by atoms with Gasteiger partial charge in [-0.05, 0) is 14.1 Å². The van der Waals surface area contributed by atoms with E-state index in [0.29, 0.717) is 6.61 Å². The van der Waals surface area contributed by atoms with Crippen molar-refractivity contribution in [3.05, 3.63) is 35.9 Å². The summed E-state index contributed by atoms with van der Waals surface area (Å²) in [5.41, 5.74) is 2.28. The maximum atomic E-state index is 5.94. The van der Waals surface area contributed by atoms with E-state index in [1.165, 1.54) is 5.56 Å². The molecule has 0 amide bonds. The number of nitrogens with zero attached hydrogens (tertiary/aromatic N) is 7. The van der Waals surface area contributed by atoms with Crippen LogP contribution < -0.4 is 5.32 Å². The molecule has 10 heteroatoms. The van der Waals surface area contributed by atoms with Crippen molar-refractivity contribution in [2.45, 2.75) is 12.1 Å². The van der Waals surface area contributed by atoms with Crippen molar-refractivity contribution in [2.24, 2.45) is 19.1 Å². The molecule has 1 aliphatic rings. The number of hydrogen-bond acceptors (Lipinski definition) is 5. The van der Waals surface area contributed by atoms with E-state index in [0.717, 1.165) is 31.2 Å². The monoisotopic (exact) mass is 502 g/mol. The average Bonchev–Trinajstić information content (AvgIpc) is 3.27. The number of hydrogen-bond donors (Lipinski definition) is 1. The first-order valence-corrected chi connectivity index (χ1v) is 9.18. The van der Waals surface area contributed by atoms with Crippen LogP contribution in [0.5, 0.6) is 0 Å². The lowest BCUT2D eigenvalue weighted by Gasteiger charge is -2.35. The third-order valence-electron chi connectivity index (χ3n) is 4.86. The maximum Gasteiger partial charge on any atom is 0.193 e. The van der Waals surface area contributed by atoms with Crippen LogP contribution in [-0.4, -0.2) is 82.7 Å². The molecule has 156 valence electrons. The molecule has 0 aromatic carbocycles. The number of aryl methyl sites for hydroxylation is 2. The standard InChI is InChI=1S/C18H30N8O.HI/c1-19-18(20-10-16(23(2)3)14-8-21-24(4)11-14)26-6-7-27-17(13-26)15-9-22-25(5)12-15;/h8-9,11-12,16-17H,6-7,10,13H2,1-5H3,(H,19,20);1H. The van der Waals surface area contributed by atoms with Gasteiger partial charge in [0.2, 0.25) is 0 Å². The number of ether oxygens (including phenoxy) is 1. The predicted octanol–water partition coefficient (Wildman–Crippen LogP) is 1.02. The zero-order valence-electron chi connectivity index (χ0n) is 17.2. The van der Waals surface area contributed by atoms with Crippen LogP contribution in [0.3, 0.4) is 0 Å². The smallest absolute Gasteiger partial charge is 0.193 e. The van der Waals surface area contributed by atoms with Crippen LogP contribution in [0.15, 0.2) is 29.8 Å². The molecule has 2 aromatic heterocycles. The van der Waals surface area contributed by atoms with E-state index in [1.54, 1.807) is 4.68 Å². The first-order valence-electron chi connectivity index (χ1n) is 9.18. The van der Waals surface area contributed by atoms with E-state index in [9.17, 15) is 0 Å². The number of guanidine groups is 1. The van der Waals surface area contributed by atoms with Gasteiger partial charge in [-0.2, -0.15) is 10.2 Å². The zero-order chi connectivity index (χ0) is 19.4. The minimum Gasteiger partial charge on any atom is -0.370 e. The van der Waals surface area contributed by atoms with E-state index < -0.39 is 0 Å². The number of rotatable bonds is 5. The van der Waals surface area contributed by atoms with Crippen LogP contribution >= 0.6 is 24.0 Å². The summed E-state index contributed by atoms with van der Waals surface area (Å²) in [6, 6.07) is 0.214. The molecular weight excluding hydrogens is 471 g/mol. The molecule has 0 spiro atoms. The second-order valence-corrected chi connectivity index (χ2v) is 7.11. The van der Waals surface area contributed by atoms with Crippen molar-refractivity contribution < 1.29 is 4.74 Å². The summed E-state index contributed by atoms with van der Waals surface area (Å²) in [5, 5.41) is 12.1. The van der Waals surface area contributed by atoms with Crippen LogP contribution in [0.25, 0.3) is 0 Å². The molecule has 0 aliphatic carbocycles. The van der Waals surface area contributed by atoms with Crippen LogP contribution in [0.1, 0.15) is 23.3 Å². The molecule has 1 saturated heterocycles. The van der Waals surface area contributed by atoms with Crippen LogP contribution in [0.4, 0.5) is 0 Å². The molecule has 3 heterocycles. The number of morpholine rings is 1. The van der Waals surface area contributed by atoms with Crippen molar-refractivity contribution >= 4 is 29.9 Å². The van der Waals surface area contributed by atoms with Gasteiger partial charge < -0.3 is 19.9 Å². The molecule has 2 aromatic rings. The van der Waals surface area contributed by atoms with E-state index in [1.807, 2.05) is 44.4 Å². The third-order valence-corrected chi connectivity index (χ3v) is 4.86. The predicted molar refractivity (Wildman–Crippen MR) is 120 cm³/mol. The summed E-state index contributed by atoms with van der Waals surface area (Å²) >= 11 is 0. The number of halogens is 1. The zero-order valence-corrected chi connectivity index (χ0v) is 19.6. The van der Waals surface area contributed by atoms with Gasteiger partial charge in [-0.1, -0.05) is 0 Å². The van der Waals surface area contributed by atoms with Crippen LogP contribution in [0, 0.1) is 0 Å². The lowest BCUT2D eigenvalue weighted by molar-refractivity contribution is -0.00811. The summed E-state index contributed by atoms with van der Waals surface area (Å²) in [7, 11) is 9.84. The van der Waals surface area contributed by atoms with Crippen LogP contribution in [-0.2, 0) is 18.8 Å². The first-order chi connectivity index (χ1) is 13.0. The summed E-state index contributed by atoms with van der Waals surface area (Å²) in [6.45, 7) is 2.99. The number of nitrogens with one attached hydrogen (secondary N) is 1. The topological polar surface area (TPSA) is 75.7 Å². The van der Waals surface area contributed by atoms with Gasteiger partial charge in [-0.15, -0.1) is 24.0 Å². The number of aliphatic imine (C=N–C) groups is 1. The Bertz CT molecular complexity index is 771. The molecule has 2 atom stereocenters. The van der Waals surface area contributed by atoms with Gasteiger partial charge in [0.15, 0.2) is 5.96 Å². The minimum absolute atomic E-state index is 0. The Balaban J connectivity index is 0.00000280. The fourth-order valence-electron chi connectivity index (χ4n) is 3.38. The van der Waals surface area contributed by atoms with Gasteiger partial charge >= 0.3 is 0 Å². The Morgan fingerprint density at radius 1 is 1.29 bits per heavy atom. The van der Waals surface area contributed by atoms with Crippen molar-refractivity contribution in [3.8, 4) is 0 Å².